The Morgan fingerprint density at radius 1 is 1.09 bits per heavy atom. The van der Waals surface area contributed by atoms with Crippen molar-refractivity contribution in [2.45, 2.75) is 52.4 Å². The van der Waals surface area contributed by atoms with Gasteiger partial charge in [0.05, 0.1) is 4.91 Å². The van der Waals surface area contributed by atoms with Gasteiger partial charge in [0.15, 0.2) is 0 Å². The number of hydrogen-bond donors (Lipinski definition) is 1. The van der Waals surface area contributed by atoms with Crippen LogP contribution in [0.1, 0.15) is 58.2 Å². The van der Waals surface area contributed by atoms with Crippen LogP contribution in [-0.2, 0) is 20.4 Å². The molecule has 1 fully saturated rings. The zero-order valence-electron chi connectivity index (χ0n) is 14.1. The maximum Gasteiger partial charge on any atom is 0.345 e. The molecular weight excluding hydrogens is 296 g/mol. The number of carbonyl (C=O) groups excluding carboxylic acids is 1. The third-order valence-corrected chi connectivity index (χ3v) is 4.48. The molecule has 3 nitrogen and oxygen atoms in total. The number of aromatic hydroxyl groups is 1. The summed E-state index contributed by atoms with van der Waals surface area (Å²) in [5, 5.41) is 10.7. The van der Waals surface area contributed by atoms with E-state index in [0.717, 1.165) is 16.7 Å². The fraction of sp³-hybridized carbons (Fsp3) is 0.500. The minimum atomic E-state index is -0.271. The smallest absolute Gasteiger partial charge is 0.345 e. The van der Waals surface area contributed by atoms with E-state index in [0.29, 0.717) is 16.6 Å². The fourth-order valence-electron chi connectivity index (χ4n) is 2.41. The van der Waals surface area contributed by atoms with Gasteiger partial charge in [-0.05, 0) is 34.6 Å². The molecule has 22 heavy (non-hydrogen) atoms. The number of hydrogen-bond acceptors (Lipinski definition) is 4. The summed E-state index contributed by atoms with van der Waals surface area (Å²) >= 11 is 1.40. The van der Waals surface area contributed by atoms with Crippen LogP contribution in [0, 0.1) is 0 Å². The Bertz CT molecular complexity index is 596. The predicted molar refractivity (Wildman–Crippen MR) is 92.0 cm³/mol. The summed E-state index contributed by atoms with van der Waals surface area (Å²) in [7, 11) is 0. The number of phenols is 1. The van der Waals surface area contributed by atoms with Crippen molar-refractivity contribution in [1.82, 2.24) is 0 Å². The Kier molecular flexibility index (Phi) is 4.35. The summed E-state index contributed by atoms with van der Waals surface area (Å²) in [6.45, 7) is 12.4. The van der Waals surface area contributed by atoms with Crippen LogP contribution in [0.4, 0.5) is 0 Å². The average molecular weight is 320 g/mol. The van der Waals surface area contributed by atoms with Gasteiger partial charge < -0.3 is 9.84 Å². The van der Waals surface area contributed by atoms with Gasteiger partial charge in [-0.25, -0.2) is 4.79 Å². The zero-order valence-corrected chi connectivity index (χ0v) is 14.9. The van der Waals surface area contributed by atoms with Crippen LogP contribution < -0.4 is 0 Å². The predicted octanol–water partition coefficient (Wildman–Crippen LogP) is 4.58. The third kappa shape index (κ3) is 3.49. The highest BCUT2D eigenvalue weighted by molar-refractivity contribution is 8.04. The topological polar surface area (TPSA) is 46.5 Å². The summed E-state index contributed by atoms with van der Waals surface area (Å²) in [5.41, 5.74) is 2.35. The molecule has 1 aromatic rings. The molecule has 0 amide bonds. The summed E-state index contributed by atoms with van der Waals surface area (Å²) < 4.78 is 4.96. The van der Waals surface area contributed by atoms with Crippen LogP contribution in [-0.4, -0.2) is 17.0 Å². The van der Waals surface area contributed by atoms with Crippen molar-refractivity contribution in [3.8, 4) is 5.75 Å². The Morgan fingerprint density at radius 2 is 1.59 bits per heavy atom. The van der Waals surface area contributed by atoms with E-state index in [4.69, 9.17) is 4.74 Å². The first-order valence-corrected chi connectivity index (χ1v) is 8.38. The molecule has 0 radical (unpaired) electrons. The van der Waals surface area contributed by atoms with Crippen molar-refractivity contribution in [2.75, 3.05) is 5.94 Å². The second-order valence-electron chi connectivity index (χ2n) is 7.67. The molecule has 0 saturated carbocycles. The van der Waals surface area contributed by atoms with E-state index in [1.807, 2.05) is 18.2 Å². The van der Waals surface area contributed by atoms with Crippen molar-refractivity contribution in [3.63, 3.8) is 0 Å². The van der Waals surface area contributed by atoms with Gasteiger partial charge in [-0.3, -0.25) is 0 Å². The molecule has 1 aromatic carbocycles. The van der Waals surface area contributed by atoms with Crippen molar-refractivity contribution in [3.05, 3.63) is 33.7 Å². The highest BCUT2D eigenvalue weighted by atomic mass is 32.2. The fourth-order valence-corrected chi connectivity index (χ4v) is 3.10. The van der Waals surface area contributed by atoms with E-state index in [2.05, 4.69) is 41.5 Å². The first-order valence-electron chi connectivity index (χ1n) is 7.40. The first-order chi connectivity index (χ1) is 10.00. The van der Waals surface area contributed by atoms with Gasteiger partial charge in [0.1, 0.15) is 11.7 Å². The summed E-state index contributed by atoms with van der Waals surface area (Å²) in [6.07, 6.45) is 1.85. The van der Waals surface area contributed by atoms with Crippen LogP contribution in [0.3, 0.4) is 0 Å². The number of cyclic esters (lactones) is 1. The quantitative estimate of drug-likeness (QED) is 0.608. The van der Waals surface area contributed by atoms with Crippen LogP contribution >= 0.6 is 11.8 Å². The van der Waals surface area contributed by atoms with Crippen molar-refractivity contribution >= 4 is 23.8 Å². The van der Waals surface area contributed by atoms with Gasteiger partial charge in [0, 0.05) is 11.1 Å². The number of rotatable bonds is 1. The normalized spacial score (nSPS) is 17.9. The molecule has 1 aliphatic heterocycles. The van der Waals surface area contributed by atoms with E-state index < -0.39 is 0 Å². The molecule has 4 heteroatoms. The number of esters is 1. The lowest BCUT2D eigenvalue weighted by atomic mass is 9.78. The van der Waals surface area contributed by atoms with E-state index in [1.165, 1.54) is 11.8 Å². The van der Waals surface area contributed by atoms with Crippen molar-refractivity contribution < 1.29 is 14.6 Å². The highest BCUT2D eigenvalue weighted by Gasteiger charge is 2.27. The standard InChI is InChI=1S/C18H24O3S/c1-17(2,3)12-7-11(9-14-16(20)21-10-22-14)8-13(15(12)19)18(4,5)6/h7-9,19H,10H2,1-6H3/b14-9-. The molecule has 0 aromatic heterocycles. The summed E-state index contributed by atoms with van der Waals surface area (Å²) in [5.74, 6) is 0.456. The molecule has 120 valence electrons. The van der Waals surface area contributed by atoms with Crippen LogP contribution in [0.2, 0.25) is 0 Å². The van der Waals surface area contributed by atoms with Gasteiger partial charge in [0.25, 0.3) is 0 Å². The average Bonchev–Trinajstić information content (AvgIpc) is 2.74. The van der Waals surface area contributed by atoms with Gasteiger partial charge in [0.2, 0.25) is 0 Å². The largest absolute Gasteiger partial charge is 0.507 e. The van der Waals surface area contributed by atoms with Crippen LogP contribution in [0.5, 0.6) is 5.75 Å². The molecule has 2 rings (SSSR count). The van der Waals surface area contributed by atoms with E-state index in [-0.39, 0.29) is 16.8 Å². The molecule has 1 aliphatic rings. The minimum absolute atomic E-state index is 0.179. The molecule has 0 aliphatic carbocycles. The van der Waals surface area contributed by atoms with Crippen molar-refractivity contribution in [2.24, 2.45) is 0 Å². The minimum Gasteiger partial charge on any atom is -0.507 e. The van der Waals surface area contributed by atoms with Crippen molar-refractivity contribution in [1.29, 1.82) is 0 Å². The summed E-state index contributed by atoms with van der Waals surface area (Å²) in [6, 6.07) is 3.92. The zero-order chi connectivity index (χ0) is 16.7. The Balaban J connectivity index is 2.63. The molecule has 1 N–H and O–H groups in total. The van der Waals surface area contributed by atoms with Gasteiger partial charge in [-0.2, -0.15) is 0 Å². The second kappa shape index (κ2) is 5.65. The van der Waals surface area contributed by atoms with Gasteiger partial charge >= 0.3 is 5.97 Å². The lowest BCUT2D eigenvalue weighted by Crippen LogP contribution is -2.17. The van der Waals surface area contributed by atoms with E-state index in [9.17, 15) is 9.90 Å². The number of phenolic OH excluding ortho intramolecular Hbond substituents is 1. The SMILES string of the molecule is CC(C)(C)c1cc(/C=C2\SCOC2=O)cc(C(C)(C)C)c1O. The third-order valence-electron chi connectivity index (χ3n) is 3.65. The lowest BCUT2D eigenvalue weighted by molar-refractivity contribution is -0.134. The van der Waals surface area contributed by atoms with Gasteiger partial charge in [-0.1, -0.05) is 53.3 Å². The molecule has 1 heterocycles. The molecule has 0 bridgehead atoms. The molecule has 0 unspecified atom stereocenters. The molecule has 0 spiro atoms. The van der Waals surface area contributed by atoms with Crippen LogP contribution in [0.15, 0.2) is 17.0 Å². The molecule has 0 atom stereocenters. The maximum atomic E-state index is 11.6. The molecular formula is C18H24O3S. The summed E-state index contributed by atoms with van der Waals surface area (Å²) in [4.78, 5) is 12.3. The van der Waals surface area contributed by atoms with Gasteiger partial charge in [-0.15, -0.1) is 0 Å². The Morgan fingerprint density at radius 3 is 1.95 bits per heavy atom. The highest BCUT2D eigenvalue weighted by Crippen LogP contribution is 2.40. The number of carbonyl (C=O) groups is 1. The second-order valence-corrected chi connectivity index (χ2v) is 8.63. The first kappa shape index (κ1) is 16.9. The Hall–Kier alpha value is -1.42. The van der Waals surface area contributed by atoms with Crippen LogP contribution in [0.25, 0.3) is 6.08 Å². The number of ether oxygens (including phenoxy) is 1. The number of thioether (sulfide) groups is 1. The molecule has 1 saturated heterocycles. The van der Waals surface area contributed by atoms with E-state index >= 15 is 0 Å². The van der Waals surface area contributed by atoms with E-state index in [1.54, 1.807) is 0 Å². The number of benzene rings is 1. The lowest BCUT2D eigenvalue weighted by Gasteiger charge is -2.27. The Labute approximate surface area is 136 Å². The maximum absolute atomic E-state index is 11.6. The monoisotopic (exact) mass is 320 g/mol.